The summed E-state index contributed by atoms with van der Waals surface area (Å²) in [5.74, 6) is -0.472. The van der Waals surface area contributed by atoms with Crippen molar-refractivity contribution < 1.29 is 19.4 Å². The first kappa shape index (κ1) is 24.5. The largest absolute Gasteiger partial charge is 0.477 e. The molecule has 1 fully saturated rings. The van der Waals surface area contributed by atoms with E-state index in [2.05, 4.69) is 14.7 Å². The maximum absolute atomic E-state index is 13.0. The molecule has 0 saturated carbocycles. The zero-order valence-corrected chi connectivity index (χ0v) is 20.8. The lowest BCUT2D eigenvalue weighted by molar-refractivity contribution is -0.125. The Bertz CT molecular complexity index is 1330. The predicted molar refractivity (Wildman–Crippen MR) is 132 cm³/mol. The molecule has 186 valence electrons. The predicted octanol–water partition coefficient (Wildman–Crippen LogP) is 0.899. The first-order chi connectivity index (χ1) is 16.7. The number of carbonyl (C=O) groups is 2. The Balaban J connectivity index is 1.68. The molecule has 0 atom stereocenters. The lowest BCUT2D eigenvalue weighted by atomic mass is 9.98. The Morgan fingerprint density at radius 1 is 1.31 bits per heavy atom. The molecule has 2 N–H and O–H groups in total. The number of hydrogen-bond donors (Lipinski definition) is 2. The zero-order valence-electron chi connectivity index (χ0n) is 19.9. The summed E-state index contributed by atoms with van der Waals surface area (Å²) >= 11 is 1.08. The summed E-state index contributed by atoms with van der Waals surface area (Å²) in [6.45, 7) is 6.16. The Kier molecular flexibility index (Phi) is 6.98. The first-order valence-electron chi connectivity index (χ1n) is 11.1. The lowest BCUT2D eigenvalue weighted by Gasteiger charge is -2.39. The Morgan fingerprint density at radius 2 is 2.06 bits per heavy atom. The number of nitrogens with zero attached hydrogens (tertiary/aromatic N) is 6. The maximum atomic E-state index is 13.0. The van der Waals surface area contributed by atoms with Gasteiger partial charge in [0, 0.05) is 58.1 Å². The van der Waals surface area contributed by atoms with E-state index in [4.69, 9.17) is 9.72 Å². The SMILES string of the molecule is CCOCCNC(=O)C1CN(c2cc(C)c3c(=O)c(C(=O)O)cn(-c4nc(N(C)C)ns4)c3n2)C1. The van der Waals surface area contributed by atoms with Crippen LogP contribution in [0.3, 0.4) is 0 Å². The monoisotopic (exact) mass is 501 g/mol. The van der Waals surface area contributed by atoms with Crippen molar-refractivity contribution in [3.05, 3.63) is 33.6 Å². The van der Waals surface area contributed by atoms with Gasteiger partial charge in [-0.25, -0.2) is 9.78 Å². The molecular formula is C22H27N7O5S. The number of carboxylic acids is 1. The fourth-order valence-corrected chi connectivity index (χ4v) is 4.51. The molecule has 0 unspecified atom stereocenters. The molecule has 3 aromatic heterocycles. The van der Waals surface area contributed by atoms with Gasteiger partial charge in [0.05, 0.1) is 17.9 Å². The molecule has 1 aliphatic heterocycles. The van der Waals surface area contributed by atoms with Gasteiger partial charge in [0.1, 0.15) is 11.4 Å². The Labute approximate surface area is 205 Å². The van der Waals surface area contributed by atoms with Crippen LogP contribution in [0.5, 0.6) is 0 Å². The lowest BCUT2D eigenvalue weighted by Crippen LogP contribution is -2.54. The number of fused-ring (bicyclic) bond motifs is 1. The fourth-order valence-electron chi connectivity index (χ4n) is 3.79. The normalized spacial score (nSPS) is 13.7. The molecule has 1 aliphatic rings. The van der Waals surface area contributed by atoms with Gasteiger partial charge in [-0.3, -0.25) is 14.2 Å². The summed E-state index contributed by atoms with van der Waals surface area (Å²) in [7, 11) is 3.59. The van der Waals surface area contributed by atoms with E-state index in [9.17, 15) is 19.5 Å². The summed E-state index contributed by atoms with van der Waals surface area (Å²) in [5.41, 5.74) is -0.0906. The third kappa shape index (κ3) is 4.82. The number of aryl methyl sites for hydroxylation is 1. The second-order valence-corrected chi connectivity index (χ2v) is 9.13. The topological polar surface area (TPSA) is 143 Å². The highest BCUT2D eigenvalue weighted by Gasteiger charge is 2.34. The molecule has 0 aromatic carbocycles. The van der Waals surface area contributed by atoms with Gasteiger partial charge in [-0.1, -0.05) is 0 Å². The van der Waals surface area contributed by atoms with Gasteiger partial charge in [-0.2, -0.15) is 9.36 Å². The molecule has 0 aliphatic carbocycles. The molecule has 4 rings (SSSR count). The average Bonchev–Trinajstić information content (AvgIpc) is 3.26. The molecular weight excluding hydrogens is 474 g/mol. The number of carbonyl (C=O) groups excluding carboxylic acids is 1. The summed E-state index contributed by atoms with van der Waals surface area (Å²) in [6, 6.07) is 1.74. The number of nitrogens with one attached hydrogen (secondary N) is 1. The van der Waals surface area contributed by atoms with Crippen molar-refractivity contribution in [2.75, 3.05) is 56.7 Å². The van der Waals surface area contributed by atoms with E-state index < -0.39 is 11.4 Å². The van der Waals surface area contributed by atoms with Gasteiger partial charge < -0.3 is 25.0 Å². The van der Waals surface area contributed by atoms with Crippen molar-refractivity contribution in [3.63, 3.8) is 0 Å². The van der Waals surface area contributed by atoms with Crippen molar-refractivity contribution in [1.29, 1.82) is 0 Å². The number of aromatic carboxylic acids is 1. The molecule has 0 bridgehead atoms. The third-order valence-electron chi connectivity index (χ3n) is 5.71. The number of hydrogen-bond acceptors (Lipinski definition) is 10. The van der Waals surface area contributed by atoms with Gasteiger partial charge in [-0.05, 0) is 25.5 Å². The van der Waals surface area contributed by atoms with Gasteiger partial charge in [0.15, 0.2) is 5.65 Å². The molecule has 12 nitrogen and oxygen atoms in total. The van der Waals surface area contributed by atoms with Crippen LogP contribution < -0.4 is 20.5 Å². The number of ether oxygens (including phenoxy) is 1. The minimum atomic E-state index is -1.33. The fraction of sp³-hybridized carbons (Fsp3) is 0.455. The number of amides is 1. The van der Waals surface area contributed by atoms with Crippen molar-refractivity contribution in [2.45, 2.75) is 13.8 Å². The van der Waals surface area contributed by atoms with E-state index in [0.29, 0.717) is 61.0 Å². The van der Waals surface area contributed by atoms with Crippen molar-refractivity contribution in [3.8, 4) is 5.13 Å². The van der Waals surface area contributed by atoms with Crippen LogP contribution in [-0.4, -0.2) is 82.8 Å². The van der Waals surface area contributed by atoms with Crippen LogP contribution in [0.15, 0.2) is 17.1 Å². The van der Waals surface area contributed by atoms with Crippen LogP contribution in [0.2, 0.25) is 0 Å². The smallest absolute Gasteiger partial charge is 0.341 e. The number of pyridine rings is 2. The highest BCUT2D eigenvalue weighted by atomic mass is 32.1. The minimum Gasteiger partial charge on any atom is -0.477 e. The van der Waals surface area contributed by atoms with E-state index >= 15 is 0 Å². The molecule has 4 heterocycles. The van der Waals surface area contributed by atoms with Gasteiger partial charge in [0.2, 0.25) is 22.4 Å². The van der Waals surface area contributed by atoms with E-state index in [0.717, 1.165) is 11.5 Å². The van der Waals surface area contributed by atoms with Crippen LogP contribution in [0.1, 0.15) is 22.8 Å². The van der Waals surface area contributed by atoms with E-state index in [1.54, 1.807) is 32.0 Å². The van der Waals surface area contributed by atoms with Crippen molar-refractivity contribution in [2.24, 2.45) is 5.92 Å². The maximum Gasteiger partial charge on any atom is 0.341 e. The summed E-state index contributed by atoms with van der Waals surface area (Å²) in [4.78, 5) is 50.0. The highest BCUT2D eigenvalue weighted by Crippen LogP contribution is 2.28. The second-order valence-electron chi connectivity index (χ2n) is 8.40. The number of aromatic nitrogens is 4. The molecule has 0 radical (unpaired) electrons. The van der Waals surface area contributed by atoms with Gasteiger partial charge >= 0.3 is 5.97 Å². The van der Waals surface area contributed by atoms with Crippen LogP contribution >= 0.6 is 11.5 Å². The van der Waals surface area contributed by atoms with Crippen molar-refractivity contribution in [1.82, 2.24) is 24.2 Å². The second kappa shape index (κ2) is 9.96. The average molecular weight is 502 g/mol. The molecule has 35 heavy (non-hydrogen) atoms. The first-order valence-corrected chi connectivity index (χ1v) is 11.9. The van der Waals surface area contributed by atoms with Crippen LogP contribution in [0, 0.1) is 12.8 Å². The summed E-state index contributed by atoms with van der Waals surface area (Å²) in [5, 5.41) is 13.1. The van der Waals surface area contributed by atoms with Crippen LogP contribution in [0.4, 0.5) is 11.8 Å². The number of anilines is 2. The van der Waals surface area contributed by atoms with E-state index in [1.807, 2.05) is 11.8 Å². The van der Waals surface area contributed by atoms with Crippen LogP contribution in [0.25, 0.3) is 16.2 Å². The zero-order chi connectivity index (χ0) is 25.3. The standard InChI is InChI=1S/C22H27N7O5S/c1-5-34-7-6-23-19(31)13-9-28(10-13)15-8-12(2)16-17(30)14(20(32)33)11-29(18(16)24-15)22-25-21(26-35-22)27(3)4/h8,11,13H,5-7,9-10H2,1-4H3,(H,23,31)(H,32,33). The van der Waals surface area contributed by atoms with E-state index in [-0.39, 0.29) is 22.8 Å². The van der Waals surface area contributed by atoms with Crippen molar-refractivity contribution >= 4 is 46.2 Å². The van der Waals surface area contributed by atoms with E-state index in [1.165, 1.54) is 10.8 Å². The highest BCUT2D eigenvalue weighted by molar-refractivity contribution is 7.08. The molecule has 13 heteroatoms. The summed E-state index contributed by atoms with van der Waals surface area (Å²) in [6.07, 6.45) is 1.24. The molecule has 1 saturated heterocycles. The molecule has 0 spiro atoms. The number of carboxylic acid groups (broad SMARTS) is 1. The number of rotatable bonds is 9. The van der Waals surface area contributed by atoms with Gasteiger partial charge in [-0.15, -0.1) is 0 Å². The Morgan fingerprint density at radius 3 is 2.69 bits per heavy atom. The van der Waals surface area contributed by atoms with Gasteiger partial charge in [0.25, 0.3) is 0 Å². The minimum absolute atomic E-state index is 0.0356. The molecule has 3 aromatic rings. The Hall–Kier alpha value is -3.58. The third-order valence-corrected chi connectivity index (χ3v) is 6.42. The quantitative estimate of drug-likeness (QED) is 0.406. The van der Waals surface area contributed by atoms with Crippen LogP contribution in [-0.2, 0) is 9.53 Å². The molecule has 1 amide bonds. The summed E-state index contributed by atoms with van der Waals surface area (Å²) < 4.78 is 11.0.